The number of hydrogen-bond acceptors (Lipinski definition) is 2. The van der Waals surface area contributed by atoms with Crippen molar-refractivity contribution in [1.29, 1.82) is 0 Å². The molecule has 0 aromatic carbocycles. The zero-order valence-corrected chi connectivity index (χ0v) is 17.6. The van der Waals surface area contributed by atoms with E-state index in [0.717, 1.165) is 12.3 Å². The maximum absolute atomic E-state index is 11.6. The molecule has 0 amide bonds. The Balaban J connectivity index is 3.26. The van der Waals surface area contributed by atoms with E-state index in [0.29, 0.717) is 6.42 Å². The van der Waals surface area contributed by atoms with Crippen LogP contribution >= 0.6 is 0 Å². The van der Waals surface area contributed by atoms with E-state index in [-0.39, 0.29) is 5.97 Å². The summed E-state index contributed by atoms with van der Waals surface area (Å²) in [4.78, 5) is 11.6. The highest BCUT2D eigenvalue weighted by Crippen LogP contribution is 2.17. The first-order valence-electron chi connectivity index (χ1n) is 10.1. The second kappa shape index (κ2) is 14.1. The summed E-state index contributed by atoms with van der Waals surface area (Å²) in [6, 6.07) is 0. The third kappa shape index (κ3) is 17.9. The molecule has 0 aliphatic heterocycles. The molecule has 0 fully saturated rings. The minimum Gasteiger partial charge on any atom is -0.520 e. The van der Waals surface area contributed by atoms with Crippen LogP contribution < -0.4 is 0 Å². The van der Waals surface area contributed by atoms with Gasteiger partial charge in [0.2, 0.25) is 8.32 Å². The van der Waals surface area contributed by atoms with Gasteiger partial charge in [-0.15, -0.1) is 0 Å². The zero-order valence-electron chi connectivity index (χ0n) is 16.6. The summed E-state index contributed by atoms with van der Waals surface area (Å²) < 4.78 is 5.45. The lowest BCUT2D eigenvalue weighted by molar-refractivity contribution is -0.135. The van der Waals surface area contributed by atoms with Crippen molar-refractivity contribution in [2.75, 3.05) is 0 Å². The summed E-state index contributed by atoms with van der Waals surface area (Å²) in [5, 5.41) is 0. The molecule has 0 aromatic rings. The molecule has 0 aromatic heterocycles. The maximum Gasteiger partial charge on any atom is 0.292 e. The van der Waals surface area contributed by atoms with Gasteiger partial charge in [-0.25, -0.2) is 0 Å². The van der Waals surface area contributed by atoms with Crippen LogP contribution in [0.4, 0.5) is 0 Å². The Bertz CT molecular complexity index is 284. The lowest BCUT2D eigenvalue weighted by Crippen LogP contribution is -2.28. The summed E-state index contributed by atoms with van der Waals surface area (Å²) in [6.07, 6.45) is 16.5. The fourth-order valence-electron chi connectivity index (χ4n) is 2.91. The normalized spacial score (nSPS) is 13.1. The van der Waals surface area contributed by atoms with Crippen molar-refractivity contribution in [1.82, 2.24) is 0 Å². The second-order valence-corrected chi connectivity index (χ2v) is 12.6. The van der Waals surface area contributed by atoms with Crippen molar-refractivity contribution in [2.45, 2.75) is 117 Å². The van der Waals surface area contributed by atoms with E-state index in [4.69, 9.17) is 4.43 Å². The average molecular weight is 343 g/mol. The predicted molar refractivity (Wildman–Crippen MR) is 104 cm³/mol. The summed E-state index contributed by atoms with van der Waals surface area (Å²) in [5.74, 6) is 0.937. The van der Waals surface area contributed by atoms with Crippen LogP contribution in [0.15, 0.2) is 0 Å². The topological polar surface area (TPSA) is 26.3 Å². The standard InChI is InChI=1S/C20H42O2Si/c1-6-7-16-19(2)17-14-12-10-8-9-11-13-15-18-20(21)22-23(3,4)5/h19H,6-18H2,1-5H3. The monoisotopic (exact) mass is 342 g/mol. The van der Waals surface area contributed by atoms with Crippen LogP contribution in [0.2, 0.25) is 19.6 Å². The summed E-state index contributed by atoms with van der Waals surface area (Å²) in [7, 11) is -1.68. The molecule has 3 heteroatoms. The maximum atomic E-state index is 11.6. The Kier molecular flexibility index (Phi) is 13.9. The van der Waals surface area contributed by atoms with Gasteiger partial charge in [-0.2, -0.15) is 0 Å². The molecule has 0 heterocycles. The second-order valence-electron chi connectivity index (χ2n) is 8.20. The van der Waals surface area contributed by atoms with Gasteiger partial charge in [-0.1, -0.05) is 84.5 Å². The van der Waals surface area contributed by atoms with Crippen LogP contribution in [-0.2, 0) is 9.22 Å². The highest BCUT2D eigenvalue weighted by atomic mass is 28.4. The van der Waals surface area contributed by atoms with Gasteiger partial charge in [0.15, 0.2) is 0 Å². The fourth-order valence-corrected chi connectivity index (χ4v) is 3.70. The first-order chi connectivity index (χ1) is 10.8. The number of unbranched alkanes of at least 4 members (excludes halogenated alkanes) is 8. The van der Waals surface area contributed by atoms with Crippen molar-refractivity contribution >= 4 is 14.3 Å². The molecular weight excluding hydrogens is 300 g/mol. The molecule has 138 valence electrons. The highest BCUT2D eigenvalue weighted by molar-refractivity contribution is 6.71. The lowest BCUT2D eigenvalue weighted by atomic mass is 9.97. The molecule has 0 bridgehead atoms. The van der Waals surface area contributed by atoms with Crippen LogP contribution in [0.5, 0.6) is 0 Å². The van der Waals surface area contributed by atoms with E-state index in [1.165, 1.54) is 70.6 Å². The van der Waals surface area contributed by atoms with Crippen LogP contribution in [0.3, 0.4) is 0 Å². The van der Waals surface area contributed by atoms with E-state index >= 15 is 0 Å². The van der Waals surface area contributed by atoms with Gasteiger partial charge in [0, 0.05) is 6.42 Å². The Morgan fingerprint density at radius 1 is 0.826 bits per heavy atom. The van der Waals surface area contributed by atoms with Crippen molar-refractivity contribution in [3.63, 3.8) is 0 Å². The zero-order chi connectivity index (χ0) is 17.6. The molecule has 0 saturated carbocycles. The Morgan fingerprint density at radius 2 is 1.30 bits per heavy atom. The van der Waals surface area contributed by atoms with Gasteiger partial charge in [0.25, 0.3) is 5.97 Å². The Hall–Kier alpha value is -0.313. The molecule has 0 radical (unpaired) electrons. The first-order valence-corrected chi connectivity index (χ1v) is 13.5. The van der Waals surface area contributed by atoms with Crippen molar-refractivity contribution in [3.05, 3.63) is 0 Å². The third-order valence-corrected chi connectivity index (χ3v) is 5.14. The van der Waals surface area contributed by atoms with E-state index in [1.807, 2.05) is 0 Å². The fraction of sp³-hybridized carbons (Fsp3) is 0.950. The van der Waals surface area contributed by atoms with Crippen molar-refractivity contribution in [3.8, 4) is 0 Å². The highest BCUT2D eigenvalue weighted by Gasteiger charge is 2.19. The molecule has 0 saturated heterocycles. The van der Waals surface area contributed by atoms with E-state index in [9.17, 15) is 4.79 Å². The number of rotatable bonds is 15. The van der Waals surface area contributed by atoms with Gasteiger partial charge in [-0.3, -0.25) is 4.79 Å². The van der Waals surface area contributed by atoms with Crippen LogP contribution in [-0.4, -0.2) is 14.3 Å². The molecule has 0 spiro atoms. The molecule has 2 nitrogen and oxygen atoms in total. The largest absolute Gasteiger partial charge is 0.520 e. The Labute approximate surface area is 146 Å². The van der Waals surface area contributed by atoms with E-state index in [2.05, 4.69) is 33.5 Å². The van der Waals surface area contributed by atoms with Gasteiger partial charge in [0.05, 0.1) is 0 Å². The number of carbonyl (C=O) groups excluding carboxylic acids is 1. The van der Waals surface area contributed by atoms with E-state index in [1.54, 1.807) is 0 Å². The quantitative estimate of drug-likeness (QED) is 0.234. The van der Waals surface area contributed by atoms with E-state index < -0.39 is 8.32 Å². The first kappa shape index (κ1) is 22.7. The summed E-state index contributed by atoms with van der Waals surface area (Å²) >= 11 is 0. The lowest BCUT2D eigenvalue weighted by Gasteiger charge is -2.17. The van der Waals surface area contributed by atoms with Crippen molar-refractivity contribution in [2.24, 2.45) is 5.92 Å². The molecule has 0 N–H and O–H groups in total. The number of carbonyl (C=O) groups is 1. The Morgan fingerprint density at radius 3 is 1.83 bits per heavy atom. The minimum atomic E-state index is -1.68. The summed E-state index contributed by atoms with van der Waals surface area (Å²) in [6.45, 7) is 10.9. The minimum absolute atomic E-state index is 0.0151. The number of hydrogen-bond donors (Lipinski definition) is 0. The van der Waals surface area contributed by atoms with Crippen LogP contribution in [0.1, 0.15) is 97.3 Å². The average Bonchev–Trinajstić information content (AvgIpc) is 2.45. The molecule has 0 aliphatic rings. The molecule has 1 atom stereocenters. The third-order valence-electron chi connectivity index (χ3n) is 4.30. The predicted octanol–water partition coefficient (Wildman–Crippen LogP) is 7.09. The molecular formula is C20H42O2Si. The SMILES string of the molecule is CCCCC(C)CCCCCCCCCCC(=O)O[Si](C)(C)C. The molecule has 1 unspecified atom stereocenters. The van der Waals surface area contributed by atoms with Gasteiger partial charge in [0.1, 0.15) is 0 Å². The van der Waals surface area contributed by atoms with Crippen LogP contribution in [0, 0.1) is 5.92 Å². The van der Waals surface area contributed by atoms with Gasteiger partial charge in [-0.05, 0) is 32.0 Å². The van der Waals surface area contributed by atoms with Gasteiger partial charge < -0.3 is 4.43 Å². The van der Waals surface area contributed by atoms with Crippen molar-refractivity contribution < 1.29 is 9.22 Å². The van der Waals surface area contributed by atoms with Gasteiger partial charge >= 0.3 is 0 Å². The molecule has 0 rings (SSSR count). The molecule has 0 aliphatic carbocycles. The summed E-state index contributed by atoms with van der Waals surface area (Å²) in [5.41, 5.74) is 0. The van der Waals surface area contributed by atoms with Crippen LogP contribution in [0.25, 0.3) is 0 Å². The molecule has 23 heavy (non-hydrogen) atoms. The smallest absolute Gasteiger partial charge is 0.292 e.